The average molecular weight is 405 g/mol. The van der Waals surface area contributed by atoms with Crippen molar-refractivity contribution in [1.29, 1.82) is 0 Å². The highest BCUT2D eigenvalue weighted by molar-refractivity contribution is 9.11. The molecule has 3 rings (SSSR count). The molecule has 1 N–H and O–H groups in total. The van der Waals surface area contributed by atoms with Crippen LogP contribution in [0, 0.1) is 0 Å². The SMILES string of the molecule is Clc1ccc(C(NCc2ccc(Br)s2)c2cccs2)s1. The van der Waals surface area contributed by atoms with Gasteiger partial charge in [-0.2, -0.15) is 0 Å². The summed E-state index contributed by atoms with van der Waals surface area (Å²) in [4.78, 5) is 3.90. The lowest BCUT2D eigenvalue weighted by Crippen LogP contribution is -2.19. The summed E-state index contributed by atoms with van der Waals surface area (Å²) in [7, 11) is 0. The van der Waals surface area contributed by atoms with Gasteiger partial charge in [0.2, 0.25) is 0 Å². The van der Waals surface area contributed by atoms with Gasteiger partial charge in [0.25, 0.3) is 0 Å². The monoisotopic (exact) mass is 403 g/mol. The van der Waals surface area contributed by atoms with Crippen LogP contribution in [-0.4, -0.2) is 0 Å². The van der Waals surface area contributed by atoms with E-state index in [1.165, 1.54) is 18.4 Å². The Hall–Kier alpha value is -0.170. The maximum atomic E-state index is 6.08. The zero-order valence-electron chi connectivity index (χ0n) is 10.3. The number of halogens is 2. The zero-order chi connectivity index (χ0) is 13.9. The van der Waals surface area contributed by atoms with Gasteiger partial charge in [-0.05, 0) is 51.6 Å². The van der Waals surface area contributed by atoms with Crippen LogP contribution in [0.1, 0.15) is 20.7 Å². The maximum absolute atomic E-state index is 6.08. The van der Waals surface area contributed by atoms with Gasteiger partial charge >= 0.3 is 0 Å². The van der Waals surface area contributed by atoms with Crippen LogP contribution in [0.5, 0.6) is 0 Å². The molecular weight excluding hydrogens is 394 g/mol. The second-order valence-corrected chi connectivity index (χ2v) is 9.45. The summed E-state index contributed by atoms with van der Waals surface area (Å²) in [5.41, 5.74) is 0. The summed E-state index contributed by atoms with van der Waals surface area (Å²) in [6, 6.07) is 12.8. The molecule has 0 fully saturated rings. The number of rotatable bonds is 5. The molecule has 0 aromatic carbocycles. The van der Waals surface area contributed by atoms with E-state index in [9.17, 15) is 0 Å². The van der Waals surface area contributed by atoms with Crippen LogP contribution in [0.15, 0.2) is 45.6 Å². The van der Waals surface area contributed by atoms with Crippen molar-refractivity contribution in [1.82, 2.24) is 5.32 Å². The van der Waals surface area contributed by atoms with E-state index in [2.05, 4.69) is 57.0 Å². The second kappa shape index (κ2) is 6.73. The maximum Gasteiger partial charge on any atom is 0.0931 e. The molecule has 20 heavy (non-hydrogen) atoms. The number of thiophene rings is 3. The lowest BCUT2D eigenvalue weighted by molar-refractivity contribution is 0.627. The van der Waals surface area contributed by atoms with E-state index in [1.807, 2.05) is 6.07 Å². The summed E-state index contributed by atoms with van der Waals surface area (Å²) >= 11 is 14.8. The first kappa shape index (κ1) is 14.8. The second-order valence-electron chi connectivity index (χ2n) is 4.18. The van der Waals surface area contributed by atoms with Gasteiger partial charge in [0.05, 0.1) is 14.2 Å². The van der Waals surface area contributed by atoms with Crippen molar-refractivity contribution >= 4 is 61.5 Å². The van der Waals surface area contributed by atoms with Gasteiger partial charge < -0.3 is 0 Å². The first-order valence-electron chi connectivity index (χ1n) is 5.98. The zero-order valence-corrected chi connectivity index (χ0v) is 15.1. The molecule has 3 aromatic heterocycles. The van der Waals surface area contributed by atoms with Crippen molar-refractivity contribution in [2.45, 2.75) is 12.6 Å². The van der Waals surface area contributed by atoms with Crippen molar-refractivity contribution in [2.24, 2.45) is 0 Å². The molecule has 0 aliphatic rings. The Morgan fingerprint density at radius 2 is 2.00 bits per heavy atom. The number of hydrogen-bond donors (Lipinski definition) is 1. The van der Waals surface area contributed by atoms with Gasteiger partial charge in [-0.25, -0.2) is 0 Å². The van der Waals surface area contributed by atoms with Crippen molar-refractivity contribution in [3.05, 3.63) is 64.5 Å². The van der Waals surface area contributed by atoms with E-state index in [-0.39, 0.29) is 6.04 Å². The van der Waals surface area contributed by atoms with Crippen LogP contribution >= 0.6 is 61.5 Å². The fourth-order valence-electron chi connectivity index (χ4n) is 1.93. The summed E-state index contributed by atoms with van der Waals surface area (Å²) in [5, 5.41) is 5.75. The molecule has 0 saturated carbocycles. The van der Waals surface area contributed by atoms with Crippen LogP contribution in [0.4, 0.5) is 0 Å². The Balaban J connectivity index is 1.79. The highest BCUT2D eigenvalue weighted by atomic mass is 79.9. The van der Waals surface area contributed by atoms with Gasteiger partial charge in [0, 0.05) is 21.2 Å². The predicted octanol–water partition coefficient (Wildman–Crippen LogP) is 6.17. The number of hydrogen-bond acceptors (Lipinski definition) is 4. The lowest BCUT2D eigenvalue weighted by atomic mass is 10.2. The van der Waals surface area contributed by atoms with Crippen LogP contribution in [0.25, 0.3) is 0 Å². The van der Waals surface area contributed by atoms with Crippen molar-refractivity contribution in [3.63, 3.8) is 0 Å². The molecule has 3 aromatic rings. The van der Waals surface area contributed by atoms with Gasteiger partial charge in [0.15, 0.2) is 0 Å². The normalized spacial score (nSPS) is 12.7. The molecule has 0 saturated heterocycles. The van der Waals surface area contributed by atoms with Crippen LogP contribution < -0.4 is 5.32 Å². The third kappa shape index (κ3) is 3.53. The van der Waals surface area contributed by atoms with Gasteiger partial charge in [-0.15, -0.1) is 34.0 Å². The van der Waals surface area contributed by atoms with Crippen molar-refractivity contribution < 1.29 is 0 Å². The summed E-state index contributed by atoms with van der Waals surface area (Å²) in [6.07, 6.45) is 0. The van der Waals surface area contributed by atoms with Gasteiger partial charge in [-0.3, -0.25) is 5.32 Å². The van der Waals surface area contributed by atoms with Crippen LogP contribution in [-0.2, 0) is 6.54 Å². The first-order chi connectivity index (χ1) is 9.72. The summed E-state index contributed by atoms with van der Waals surface area (Å²) in [6.45, 7) is 0.856. The Morgan fingerprint density at radius 1 is 1.10 bits per heavy atom. The standard InChI is InChI=1S/C14H11BrClNS3/c15-12-5-3-9(19-12)8-17-14(10-2-1-7-18-10)11-4-6-13(16)20-11/h1-7,14,17H,8H2. The molecule has 1 unspecified atom stereocenters. The molecular formula is C14H11BrClNS3. The molecule has 6 heteroatoms. The lowest BCUT2D eigenvalue weighted by Gasteiger charge is -2.15. The molecule has 1 atom stereocenters. The molecule has 0 radical (unpaired) electrons. The van der Waals surface area contributed by atoms with E-state index in [0.717, 1.165) is 10.9 Å². The van der Waals surface area contributed by atoms with Gasteiger partial charge in [0.1, 0.15) is 0 Å². The molecule has 3 heterocycles. The van der Waals surface area contributed by atoms with E-state index < -0.39 is 0 Å². The molecule has 0 spiro atoms. The van der Waals surface area contributed by atoms with Crippen LogP contribution in [0.3, 0.4) is 0 Å². The highest BCUT2D eigenvalue weighted by Gasteiger charge is 2.17. The Morgan fingerprint density at radius 3 is 2.60 bits per heavy atom. The minimum atomic E-state index is 0.216. The smallest absolute Gasteiger partial charge is 0.0931 e. The van der Waals surface area contributed by atoms with E-state index >= 15 is 0 Å². The highest BCUT2D eigenvalue weighted by Crippen LogP contribution is 2.33. The number of nitrogens with one attached hydrogen (secondary N) is 1. The van der Waals surface area contributed by atoms with Crippen LogP contribution in [0.2, 0.25) is 4.34 Å². The predicted molar refractivity (Wildman–Crippen MR) is 94.3 cm³/mol. The minimum absolute atomic E-state index is 0.216. The topological polar surface area (TPSA) is 12.0 Å². The summed E-state index contributed by atoms with van der Waals surface area (Å²) in [5.74, 6) is 0. The third-order valence-corrected chi connectivity index (χ3v) is 6.67. The Kier molecular flexibility index (Phi) is 4.96. The fraction of sp³-hybridized carbons (Fsp3) is 0.143. The van der Waals surface area contributed by atoms with E-state index in [1.54, 1.807) is 34.0 Å². The molecule has 1 nitrogen and oxygen atoms in total. The molecule has 0 aliphatic carbocycles. The van der Waals surface area contributed by atoms with E-state index in [0.29, 0.717) is 0 Å². The first-order valence-corrected chi connectivity index (χ1v) is 9.67. The van der Waals surface area contributed by atoms with Crippen molar-refractivity contribution in [3.8, 4) is 0 Å². The fourth-order valence-corrected chi connectivity index (χ4v) is 5.41. The molecule has 0 amide bonds. The van der Waals surface area contributed by atoms with Crippen molar-refractivity contribution in [2.75, 3.05) is 0 Å². The van der Waals surface area contributed by atoms with E-state index in [4.69, 9.17) is 11.6 Å². The average Bonchev–Trinajstić information content (AvgIpc) is 3.13. The molecule has 104 valence electrons. The Labute approximate surface area is 143 Å². The summed E-state index contributed by atoms with van der Waals surface area (Å²) < 4.78 is 2.00. The third-order valence-electron chi connectivity index (χ3n) is 2.82. The molecule has 0 bridgehead atoms. The Bertz CT molecular complexity index is 674. The van der Waals surface area contributed by atoms with Gasteiger partial charge in [-0.1, -0.05) is 17.7 Å². The quantitative estimate of drug-likeness (QED) is 0.536. The molecule has 0 aliphatic heterocycles. The minimum Gasteiger partial charge on any atom is -0.300 e. The largest absolute Gasteiger partial charge is 0.300 e.